The highest BCUT2D eigenvalue weighted by Gasteiger charge is 2.34. The first-order valence-electron chi connectivity index (χ1n) is 11.5. The van der Waals surface area contributed by atoms with Crippen LogP contribution in [0.5, 0.6) is 0 Å². The molecule has 3 amide bonds. The maximum Gasteiger partial charge on any atom is 0.408 e. The van der Waals surface area contributed by atoms with Crippen molar-refractivity contribution in [2.24, 2.45) is 0 Å². The predicted molar refractivity (Wildman–Crippen MR) is 135 cm³/mol. The molecular weight excluding hydrogens is 438 g/mol. The fourth-order valence-electron chi connectivity index (χ4n) is 3.56. The quantitative estimate of drug-likeness (QED) is 0.490. The largest absolute Gasteiger partial charge is 0.444 e. The summed E-state index contributed by atoms with van der Waals surface area (Å²) in [5, 5.41) is 5.76. The van der Waals surface area contributed by atoms with Crippen molar-refractivity contribution in [3.8, 4) is 0 Å². The molecule has 186 valence electrons. The van der Waals surface area contributed by atoms with Crippen molar-refractivity contribution in [1.29, 1.82) is 0 Å². The van der Waals surface area contributed by atoms with Crippen LogP contribution in [0.3, 0.4) is 0 Å². The number of benzene rings is 1. The van der Waals surface area contributed by atoms with Crippen LogP contribution in [-0.4, -0.2) is 59.5 Å². The lowest BCUT2D eigenvalue weighted by molar-refractivity contribution is -0.141. The molecule has 8 heteroatoms. The predicted octanol–water partition coefficient (Wildman–Crippen LogP) is 4.45. The molecule has 0 saturated carbocycles. The summed E-state index contributed by atoms with van der Waals surface area (Å²) in [5.41, 5.74) is 0.999. The number of rotatable bonds is 11. The second-order valence-corrected chi connectivity index (χ2v) is 10.4. The Morgan fingerprint density at radius 3 is 2.30 bits per heavy atom. The summed E-state index contributed by atoms with van der Waals surface area (Å²) in [5.74, 6) is 0.109. The summed E-state index contributed by atoms with van der Waals surface area (Å²) in [7, 11) is 1.62. The van der Waals surface area contributed by atoms with Crippen LogP contribution in [0, 0.1) is 6.92 Å². The lowest BCUT2D eigenvalue weighted by Gasteiger charge is -2.33. The van der Waals surface area contributed by atoms with E-state index in [9.17, 15) is 14.4 Å². The number of nitrogens with one attached hydrogen (secondary N) is 2. The molecule has 0 spiro atoms. The second-order valence-electron chi connectivity index (χ2n) is 9.39. The van der Waals surface area contributed by atoms with Crippen molar-refractivity contribution in [3.05, 3.63) is 35.4 Å². The number of thioether (sulfide) groups is 1. The fraction of sp³-hybridized carbons (Fsp3) is 0.640. The van der Waals surface area contributed by atoms with Gasteiger partial charge in [-0.15, -0.1) is 0 Å². The lowest BCUT2D eigenvalue weighted by atomic mass is 9.98. The molecule has 1 rings (SSSR count). The normalized spacial score (nSPS) is 14.1. The van der Waals surface area contributed by atoms with Gasteiger partial charge in [0, 0.05) is 13.1 Å². The molecule has 7 nitrogen and oxygen atoms in total. The average Bonchev–Trinajstić information content (AvgIpc) is 2.70. The van der Waals surface area contributed by atoms with Crippen LogP contribution in [0.25, 0.3) is 0 Å². The number of carbonyl (C=O) groups is 3. The first-order valence-corrected chi connectivity index (χ1v) is 12.9. The molecule has 3 atom stereocenters. The number of ether oxygens (including phenoxy) is 1. The van der Waals surface area contributed by atoms with Gasteiger partial charge < -0.3 is 20.3 Å². The zero-order valence-corrected chi connectivity index (χ0v) is 22.2. The molecule has 0 fully saturated rings. The summed E-state index contributed by atoms with van der Waals surface area (Å²) in [6, 6.07) is 5.94. The first kappa shape index (κ1) is 28.8. The van der Waals surface area contributed by atoms with Gasteiger partial charge in [-0.2, -0.15) is 11.8 Å². The van der Waals surface area contributed by atoms with Gasteiger partial charge in [-0.1, -0.05) is 37.6 Å². The molecule has 3 unspecified atom stereocenters. The van der Waals surface area contributed by atoms with Crippen LogP contribution in [0.4, 0.5) is 4.79 Å². The van der Waals surface area contributed by atoms with E-state index in [-0.39, 0.29) is 17.9 Å². The molecule has 0 radical (unpaired) electrons. The first-order chi connectivity index (χ1) is 15.4. The van der Waals surface area contributed by atoms with Crippen LogP contribution < -0.4 is 10.6 Å². The van der Waals surface area contributed by atoms with Crippen LogP contribution in [-0.2, 0) is 14.3 Å². The molecule has 0 aliphatic rings. The monoisotopic (exact) mass is 479 g/mol. The van der Waals surface area contributed by atoms with E-state index >= 15 is 0 Å². The van der Waals surface area contributed by atoms with Gasteiger partial charge in [0.2, 0.25) is 11.8 Å². The molecule has 0 heterocycles. The van der Waals surface area contributed by atoms with Gasteiger partial charge >= 0.3 is 6.09 Å². The van der Waals surface area contributed by atoms with E-state index in [2.05, 4.69) is 17.6 Å². The maximum absolute atomic E-state index is 13.6. The van der Waals surface area contributed by atoms with Crippen molar-refractivity contribution in [2.45, 2.75) is 84.5 Å². The molecule has 0 saturated heterocycles. The molecule has 33 heavy (non-hydrogen) atoms. The minimum atomic E-state index is -0.810. The lowest BCUT2D eigenvalue weighted by Crippen LogP contribution is -2.52. The van der Waals surface area contributed by atoms with E-state index in [4.69, 9.17) is 4.74 Å². The third kappa shape index (κ3) is 9.66. The molecule has 0 aliphatic carbocycles. The van der Waals surface area contributed by atoms with Gasteiger partial charge in [0.05, 0.1) is 0 Å². The Morgan fingerprint density at radius 1 is 1.12 bits per heavy atom. The Kier molecular flexibility index (Phi) is 11.8. The van der Waals surface area contributed by atoms with Crippen LogP contribution in [0.1, 0.15) is 71.0 Å². The van der Waals surface area contributed by atoms with E-state index in [0.717, 1.165) is 24.0 Å². The molecule has 0 aliphatic heterocycles. The number of aryl methyl sites for hydroxylation is 1. The summed E-state index contributed by atoms with van der Waals surface area (Å²) in [6.45, 7) is 11.3. The Balaban J connectivity index is 3.23. The summed E-state index contributed by atoms with van der Waals surface area (Å²) < 4.78 is 5.36. The number of alkyl carbamates (subject to hydrolysis) is 1. The van der Waals surface area contributed by atoms with Crippen molar-refractivity contribution in [2.75, 3.05) is 19.1 Å². The van der Waals surface area contributed by atoms with Gasteiger partial charge in [-0.25, -0.2) is 4.79 Å². The number of likely N-dealkylation sites (N-methyl/N-ethyl adjacent to an activating group) is 1. The number of nitrogens with zero attached hydrogens (tertiary/aromatic N) is 1. The van der Waals surface area contributed by atoms with E-state index in [1.165, 1.54) is 4.90 Å². The van der Waals surface area contributed by atoms with E-state index in [1.807, 2.05) is 44.4 Å². The topological polar surface area (TPSA) is 87.7 Å². The smallest absolute Gasteiger partial charge is 0.408 e. The van der Waals surface area contributed by atoms with E-state index in [1.54, 1.807) is 39.6 Å². The minimum Gasteiger partial charge on any atom is -0.444 e. The Hall–Kier alpha value is -2.22. The Bertz CT molecular complexity index is 794. The highest BCUT2D eigenvalue weighted by Crippen LogP contribution is 2.25. The SMILES string of the molecule is CCCC(C)NC(=O)C(c1ccccc1C)N(C)C(=O)C(CCSC)NC(=O)OC(C)(C)C. The Morgan fingerprint density at radius 2 is 1.76 bits per heavy atom. The molecule has 2 N–H and O–H groups in total. The van der Waals surface area contributed by atoms with Crippen molar-refractivity contribution < 1.29 is 19.1 Å². The zero-order valence-electron chi connectivity index (χ0n) is 21.4. The molecule has 1 aromatic rings. The van der Waals surface area contributed by atoms with Gasteiger partial charge in [0.1, 0.15) is 17.7 Å². The minimum absolute atomic E-state index is 0.00954. The van der Waals surface area contributed by atoms with Crippen LogP contribution in [0.2, 0.25) is 0 Å². The fourth-order valence-corrected chi connectivity index (χ4v) is 4.03. The third-order valence-corrected chi connectivity index (χ3v) is 5.82. The Labute approximate surface area is 203 Å². The van der Waals surface area contributed by atoms with Crippen molar-refractivity contribution in [3.63, 3.8) is 0 Å². The van der Waals surface area contributed by atoms with E-state index < -0.39 is 23.8 Å². The maximum atomic E-state index is 13.6. The standard InChI is InChI=1S/C25H41N3O4S/c1-9-12-18(3)26-22(29)21(19-14-11-10-13-17(19)2)28(7)23(30)20(15-16-33-8)27-24(31)32-25(4,5)6/h10-11,13-14,18,20-21H,9,12,15-16H2,1-8H3,(H,26,29)(H,27,31). The summed E-state index contributed by atoms with van der Waals surface area (Å²) >= 11 is 1.58. The van der Waals surface area contributed by atoms with Crippen molar-refractivity contribution in [1.82, 2.24) is 15.5 Å². The highest BCUT2D eigenvalue weighted by atomic mass is 32.2. The molecule has 0 bridgehead atoms. The molecular formula is C25H41N3O4S. The van der Waals surface area contributed by atoms with Crippen LogP contribution in [0.15, 0.2) is 24.3 Å². The summed E-state index contributed by atoms with van der Waals surface area (Å²) in [6.07, 6.45) is 3.52. The van der Waals surface area contributed by atoms with Crippen LogP contribution >= 0.6 is 11.8 Å². The number of hydrogen-bond donors (Lipinski definition) is 2. The summed E-state index contributed by atoms with van der Waals surface area (Å²) in [4.78, 5) is 40.8. The van der Waals surface area contributed by atoms with Crippen molar-refractivity contribution >= 4 is 29.7 Å². The highest BCUT2D eigenvalue weighted by molar-refractivity contribution is 7.98. The van der Waals surface area contributed by atoms with E-state index in [0.29, 0.717) is 12.2 Å². The molecule has 0 aromatic heterocycles. The third-order valence-electron chi connectivity index (χ3n) is 5.18. The van der Waals surface area contributed by atoms with Gasteiger partial charge in [-0.3, -0.25) is 9.59 Å². The number of amides is 3. The van der Waals surface area contributed by atoms with Gasteiger partial charge in [0.25, 0.3) is 0 Å². The number of carbonyl (C=O) groups excluding carboxylic acids is 3. The average molecular weight is 480 g/mol. The van der Waals surface area contributed by atoms with Gasteiger partial charge in [0.15, 0.2) is 0 Å². The van der Waals surface area contributed by atoms with Gasteiger partial charge in [-0.05, 0) is 70.6 Å². The number of hydrogen-bond acceptors (Lipinski definition) is 5. The zero-order chi connectivity index (χ0) is 25.2. The second kappa shape index (κ2) is 13.5. The molecule has 1 aromatic carbocycles.